The van der Waals surface area contributed by atoms with E-state index in [0.29, 0.717) is 13.2 Å². The number of hydrogen-bond donors (Lipinski definition) is 0. The van der Waals surface area contributed by atoms with Crippen molar-refractivity contribution in [2.45, 2.75) is 31.6 Å². The first-order valence-electron chi connectivity index (χ1n) is 5.74. The van der Waals surface area contributed by atoms with Crippen molar-refractivity contribution < 1.29 is 9.47 Å². The molecule has 0 aliphatic carbocycles. The predicted octanol–water partition coefficient (Wildman–Crippen LogP) is 3.73. The minimum Gasteiger partial charge on any atom is -0.353 e. The molecule has 3 nitrogen and oxygen atoms in total. The second-order valence-corrected chi connectivity index (χ2v) is 5.21. The zero-order valence-corrected chi connectivity index (χ0v) is 12.6. The molecule has 0 saturated carbocycles. The van der Waals surface area contributed by atoms with Gasteiger partial charge in [0.15, 0.2) is 6.29 Å². The summed E-state index contributed by atoms with van der Waals surface area (Å²) in [5.41, 5.74) is 0. The van der Waals surface area contributed by atoms with Gasteiger partial charge < -0.3 is 9.47 Å². The van der Waals surface area contributed by atoms with Gasteiger partial charge in [-0.05, 0) is 41.9 Å². The van der Waals surface area contributed by atoms with Crippen LogP contribution in [0.4, 0.5) is 0 Å². The van der Waals surface area contributed by atoms with E-state index in [1.165, 1.54) is 0 Å². The number of nitrogens with zero attached hydrogens (tertiary/aromatic N) is 1. The smallest absolute Gasteiger partial charge is 0.158 e. The number of rotatable bonds is 8. The van der Waals surface area contributed by atoms with Crippen LogP contribution in [-0.4, -0.2) is 30.2 Å². The van der Waals surface area contributed by atoms with E-state index < -0.39 is 0 Å². The molecular formula is C12H18BrNO2S. The van der Waals surface area contributed by atoms with Gasteiger partial charge in [-0.25, -0.2) is 4.98 Å². The molecule has 0 saturated heterocycles. The van der Waals surface area contributed by atoms with E-state index in [9.17, 15) is 0 Å². The lowest BCUT2D eigenvalue weighted by molar-refractivity contribution is -0.136. The summed E-state index contributed by atoms with van der Waals surface area (Å²) in [4.78, 5) is 4.30. The minimum atomic E-state index is -0.0972. The van der Waals surface area contributed by atoms with Crippen molar-refractivity contribution in [3.63, 3.8) is 0 Å². The largest absolute Gasteiger partial charge is 0.353 e. The maximum atomic E-state index is 5.48. The fourth-order valence-electron chi connectivity index (χ4n) is 1.32. The van der Waals surface area contributed by atoms with Gasteiger partial charge in [0.1, 0.15) is 5.03 Å². The fraction of sp³-hybridized carbons (Fsp3) is 0.583. The lowest BCUT2D eigenvalue weighted by atomic mass is 10.5. The summed E-state index contributed by atoms with van der Waals surface area (Å²) in [6.07, 6.45) is 2.57. The van der Waals surface area contributed by atoms with Gasteiger partial charge in [0.05, 0.1) is 0 Å². The Balaban J connectivity index is 2.33. The topological polar surface area (TPSA) is 31.4 Å². The normalized spacial score (nSPS) is 11.1. The molecule has 1 aromatic rings. The second-order valence-electron chi connectivity index (χ2n) is 3.27. The summed E-state index contributed by atoms with van der Waals surface area (Å²) in [5, 5.41) is 1.01. The SMILES string of the molecule is CCOC(CCSc1ncccc1Br)OCC. The molecule has 0 amide bonds. The zero-order chi connectivity index (χ0) is 12.5. The molecule has 0 aromatic carbocycles. The van der Waals surface area contributed by atoms with Crippen LogP contribution in [0.25, 0.3) is 0 Å². The highest BCUT2D eigenvalue weighted by molar-refractivity contribution is 9.10. The first-order valence-corrected chi connectivity index (χ1v) is 7.52. The van der Waals surface area contributed by atoms with Crippen molar-refractivity contribution in [2.75, 3.05) is 19.0 Å². The van der Waals surface area contributed by atoms with Crippen molar-refractivity contribution in [3.8, 4) is 0 Å². The molecule has 0 aliphatic heterocycles. The number of hydrogen-bond acceptors (Lipinski definition) is 4. The molecule has 1 aromatic heterocycles. The van der Waals surface area contributed by atoms with Crippen molar-refractivity contribution in [2.24, 2.45) is 0 Å². The van der Waals surface area contributed by atoms with E-state index in [1.807, 2.05) is 26.0 Å². The van der Waals surface area contributed by atoms with Crippen LogP contribution in [0.1, 0.15) is 20.3 Å². The third kappa shape index (κ3) is 5.86. The van der Waals surface area contributed by atoms with Crippen LogP contribution in [-0.2, 0) is 9.47 Å². The van der Waals surface area contributed by atoms with Crippen molar-refractivity contribution in [1.29, 1.82) is 0 Å². The standard InChI is InChI=1S/C12H18BrNO2S/c1-3-15-11(16-4-2)7-9-17-12-10(13)6-5-8-14-12/h5-6,8,11H,3-4,7,9H2,1-2H3. The lowest BCUT2D eigenvalue weighted by Gasteiger charge is -2.16. The summed E-state index contributed by atoms with van der Waals surface area (Å²) in [5.74, 6) is 0.931. The van der Waals surface area contributed by atoms with Crippen molar-refractivity contribution >= 4 is 27.7 Å². The summed E-state index contributed by atoms with van der Waals surface area (Å²) < 4.78 is 12.0. The Morgan fingerprint density at radius 3 is 2.65 bits per heavy atom. The van der Waals surface area contributed by atoms with Crippen LogP contribution in [0.5, 0.6) is 0 Å². The molecule has 0 aliphatic rings. The van der Waals surface area contributed by atoms with E-state index >= 15 is 0 Å². The first kappa shape index (κ1) is 15.0. The van der Waals surface area contributed by atoms with Crippen LogP contribution in [0.3, 0.4) is 0 Å². The molecule has 0 bridgehead atoms. The Bertz CT molecular complexity index is 319. The Morgan fingerprint density at radius 2 is 2.06 bits per heavy atom. The molecule has 1 heterocycles. The van der Waals surface area contributed by atoms with Crippen LogP contribution < -0.4 is 0 Å². The molecule has 5 heteroatoms. The number of pyridine rings is 1. The Morgan fingerprint density at radius 1 is 1.35 bits per heavy atom. The fourth-order valence-corrected chi connectivity index (χ4v) is 2.76. The maximum absolute atomic E-state index is 5.48. The summed E-state index contributed by atoms with van der Waals surface area (Å²) >= 11 is 5.19. The third-order valence-corrected chi connectivity index (χ3v) is 3.96. The maximum Gasteiger partial charge on any atom is 0.158 e. The Hall–Kier alpha value is -0.100. The van der Waals surface area contributed by atoms with Crippen molar-refractivity contribution in [3.05, 3.63) is 22.8 Å². The molecule has 0 unspecified atom stereocenters. The number of thioether (sulfide) groups is 1. The predicted molar refractivity (Wildman–Crippen MR) is 74.3 cm³/mol. The van der Waals surface area contributed by atoms with E-state index in [1.54, 1.807) is 18.0 Å². The van der Waals surface area contributed by atoms with Crippen LogP contribution in [0.15, 0.2) is 27.8 Å². The number of ether oxygens (including phenoxy) is 2. The first-order chi connectivity index (χ1) is 8.27. The van der Waals surface area contributed by atoms with E-state index in [-0.39, 0.29) is 6.29 Å². The molecule has 0 atom stereocenters. The highest BCUT2D eigenvalue weighted by Crippen LogP contribution is 2.25. The average Bonchev–Trinajstić information content (AvgIpc) is 2.32. The lowest BCUT2D eigenvalue weighted by Crippen LogP contribution is -2.18. The third-order valence-electron chi connectivity index (χ3n) is 2.02. The van der Waals surface area contributed by atoms with Gasteiger partial charge >= 0.3 is 0 Å². The molecule has 0 spiro atoms. The number of aromatic nitrogens is 1. The van der Waals surface area contributed by atoms with Crippen LogP contribution in [0, 0.1) is 0 Å². The minimum absolute atomic E-state index is 0.0972. The number of halogens is 1. The molecule has 17 heavy (non-hydrogen) atoms. The van der Waals surface area contributed by atoms with Gasteiger partial charge in [0.25, 0.3) is 0 Å². The summed E-state index contributed by atoms with van der Waals surface area (Å²) in [6, 6.07) is 3.91. The molecule has 0 N–H and O–H groups in total. The van der Waals surface area contributed by atoms with Crippen molar-refractivity contribution in [1.82, 2.24) is 4.98 Å². The molecule has 1 rings (SSSR count). The quantitative estimate of drug-likeness (QED) is 0.539. The van der Waals surface area contributed by atoms with E-state index in [2.05, 4.69) is 20.9 Å². The van der Waals surface area contributed by atoms with Crippen LogP contribution in [0.2, 0.25) is 0 Å². The van der Waals surface area contributed by atoms with E-state index in [4.69, 9.17) is 9.47 Å². The van der Waals surface area contributed by atoms with Gasteiger partial charge in [-0.2, -0.15) is 0 Å². The highest BCUT2D eigenvalue weighted by Gasteiger charge is 2.08. The van der Waals surface area contributed by atoms with Gasteiger partial charge in [-0.1, -0.05) is 0 Å². The van der Waals surface area contributed by atoms with Gasteiger partial charge in [0, 0.05) is 36.1 Å². The highest BCUT2D eigenvalue weighted by atomic mass is 79.9. The molecule has 0 radical (unpaired) electrons. The van der Waals surface area contributed by atoms with Gasteiger partial charge in [-0.3, -0.25) is 0 Å². The monoisotopic (exact) mass is 319 g/mol. The zero-order valence-electron chi connectivity index (χ0n) is 10.2. The summed E-state index contributed by atoms with van der Waals surface area (Å²) in [7, 11) is 0. The van der Waals surface area contributed by atoms with Crippen LogP contribution >= 0.6 is 27.7 Å². The molecular weight excluding hydrogens is 302 g/mol. The van der Waals surface area contributed by atoms with Gasteiger partial charge in [0.2, 0.25) is 0 Å². The van der Waals surface area contributed by atoms with Gasteiger partial charge in [-0.15, -0.1) is 11.8 Å². The molecule has 96 valence electrons. The van der Waals surface area contributed by atoms with E-state index in [0.717, 1.165) is 21.7 Å². The Kier molecular flexibility index (Phi) is 7.84. The average molecular weight is 320 g/mol. The Labute approximate surface area is 115 Å². The molecule has 0 fully saturated rings. The summed E-state index contributed by atoms with van der Waals surface area (Å²) in [6.45, 7) is 5.33. The second kappa shape index (κ2) is 8.91.